The molecule has 4 heteroatoms. The minimum atomic E-state index is -0.219. The zero-order chi connectivity index (χ0) is 14.8. The van der Waals surface area contributed by atoms with E-state index >= 15 is 0 Å². The van der Waals surface area contributed by atoms with Crippen molar-refractivity contribution in [2.45, 2.75) is 0 Å². The number of allylic oxidation sites excluding steroid dienone is 1. The zero-order valence-corrected chi connectivity index (χ0v) is 11.2. The summed E-state index contributed by atoms with van der Waals surface area (Å²) in [5.41, 5.74) is 1.96. The Kier molecular flexibility index (Phi) is 3.28. The van der Waals surface area contributed by atoms with Gasteiger partial charge in [0.2, 0.25) is 0 Å². The van der Waals surface area contributed by atoms with E-state index in [1.807, 2.05) is 0 Å². The summed E-state index contributed by atoms with van der Waals surface area (Å²) in [5, 5.41) is 12.3. The Morgan fingerprint density at radius 3 is 2.05 bits per heavy atom. The van der Waals surface area contributed by atoms with Crippen molar-refractivity contribution in [2.75, 3.05) is 11.9 Å². The first-order valence-electron chi connectivity index (χ1n) is 6.58. The van der Waals surface area contributed by atoms with Crippen LogP contribution >= 0.6 is 0 Å². The number of hydrogen-bond donors (Lipinski definition) is 2. The summed E-state index contributed by atoms with van der Waals surface area (Å²) >= 11 is 0. The normalized spacial score (nSPS) is 13.2. The van der Waals surface area contributed by atoms with E-state index in [0.717, 1.165) is 5.69 Å². The first kappa shape index (κ1) is 13.1. The van der Waals surface area contributed by atoms with Crippen molar-refractivity contribution in [3.63, 3.8) is 0 Å². The van der Waals surface area contributed by atoms with Crippen LogP contribution in [0.5, 0.6) is 5.75 Å². The van der Waals surface area contributed by atoms with Crippen molar-refractivity contribution < 1.29 is 14.7 Å². The second kappa shape index (κ2) is 5.25. The van der Waals surface area contributed by atoms with Crippen molar-refractivity contribution in [1.29, 1.82) is 0 Å². The maximum Gasteiger partial charge on any atom is 0.197 e. The lowest BCUT2D eigenvalue weighted by Crippen LogP contribution is -2.05. The molecule has 2 N–H and O–H groups in total. The number of phenols is 1. The fourth-order valence-corrected chi connectivity index (χ4v) is 2.31. The second-order valence-electron chi connectivity index (χ2n) is 4.75. The van der Waals surface area contributed by atoms with Gasteiger partial charge in [-0.2, -0.15) is 0 Å². The molecule has 0 aromatic heterocycles. The Balaban J connectivity index is 1.75. The molecule has 1 aliphatic rings. The Morgan fingerprint density at radius 1 is 0.905 bits per heavy atom. The Bertz CT molecular complexity index is 708. The van der Waals surface area contributed by atoms with E-state index in [9.17, 15) is 14.7 Å². The number of aromatic hydroxyl groups is 1. The van der Waals surface area contributed by atoms with Crippen molar-refractivity contribution in [1.82, 2.24) is 0 Å². The highest BCUT2D eigenvalue weighted by Gasteiger charge is 2.32. The largest absolute Gasteiger partial charge is 0.508 e. The molecule has 0 fully saturated rings. The lowest BCUT2D eigenvalue weighted by Gasteiger charge is -2.03. The monoisotopic (exact) mass is 279 g/mol. The van der Waals surface area contributed by atoms with Gasteiger partial charge in [-0.15, -0.1) is 0 Å². The SMILES string of the molecule is O=C1C(=CCNc2ccc(O)cc2)C(=O)c2ccccc21. The number of anilines is 1. The van der Waals surface area contributed by atoms with Gasteiger partial charge in [0.1, 0.15) is 5.75 Å². The molecule has 0 saturated carbocycles. The van der Waals surface area contributed by atoms with E-state index in [0.29, 0.717) is 17.7 Å². The van der Waals surface area contributed by atoms with E-state index in [1.54, 1.807) is 54.6 Å². The molecule has 0 saturated heterocycles. The number of ketones is 2. The number of carbonyl (C=O) groups excluding carboxylic acids is 2. The third-order valence-corrected chi connectivity index (χ3v) is 3.39. The van der Waals surface area contributed by atoms with Crippen LogP contribution < -0.4 is 5.32 Å². The van der Waals surface area contributed by atoms with Gasteiger partial charge in [-0.3, -0.25) is 9.59 Å². The van der Waals surface area contributed by atoms with E-state index in [4.69, 9.17) is 0 Å². The molecule has 4 nitrogen and oxygen atoms in total. The first-order valence-corrected chi connectivity index (χ1v) is 6.58. The summed E-state index contributed by atoms with van der Waals surface area (Å²) in [6, 6.07) is 13.4. The maximum absolute atomic E-state index is 12.1. The van der Waals surface area contributed by atoms with Crippen LogP contribution in [-0.2, 0) is 0 Å². The maximum atomic E-state index is 12.1. The van der Waals surface area contributed by atoms with E-state index in [2.05, 4.69) is 5.32 Å². The van der Waals surface area contributed by atoms with Crippen LogP contribution in [-0.4, -0.2) is 23.2 Å². The van der Waals surface area contributed by atoms with Gasteiger partial charge in [0.25, 0.3) is 0 Å². The smallest absolute Gasteiger partial charge is 0.197 e. The van der Waals surface area contributed by atoms with Gasteiger partial charge >= 0.3 is 0 Å². The third-order valence-electron chi connectivity index (χ3n) is 3.39. The Labute approximate surface area is 121 Å². The number of Topliss-reactive ketones (excluding diaryl/α,β-unsaturated/α-hetero) is 2. The van der Waals surface area contributed by atoms with Gasteiger partial charge in [0.15, 0.2) is 11.6 Å². The van der Waals surface area contributed by atoms with E-state index in [-0.39, 0.29) is 22.9 Å². The van der Waals surface area contributed by atoms with Crippen molar-refractivity contribution >= 4 is 17.3 Å². The van der Waals surface area contributed by atoms with Crippen molar-refractivity contribution in [2.24, 2.45) is 0 Å². The van der Waals surface area contributed by atoms with Gasteiger partial charge in [-0.25, -0.2) is 0 Å². The number of benzene rings is 2. The molecule has 0 amide bonds. The predicted molar refractivity (Wildman–Crippen MR) is 79.8 cm³/mol. The van der Waals surface area contributed by atoms with E-state index in [1.165, 1.54) is 0 Å². The topological polar surface area (TPSA) is 66.4 Å². The van der Waals surface area contributed by atoms with Crippen molar-refractivity contribution in [3.05, 3.63) is 71.3 Å². The minimum Gasteiger partial charge on any atom is -0.508 e. The van der Waals surface area contributed by atoms with Crippen molar-refractivity contribution in [3.8, 4) is 5.75 Å². The number of fused-ring (bicyclic) bond motifs is 1. The number of phenolic OH excluding ortho intramolecular Hbond substituents is 1. The van der Waals surface area contributed by atoms with Gasteiger partial charge in [0.05, 0.1) is 5.57 Å². The molecule has 0 atom stereocenters. The molecule has 0 bridgehead atoms. The molecule has 0 heterocycles. The summed E-state index contributed by atoms with van der Waals surface area (Å²) in [7, 11) is 0. The zero-order valence-electron chi connectivity index (χ0n) is 11.2. The molecule has 0 radical (unpaired) electrons. The molecule has 3 rings (SSSR count). The molecule has 0 unspecified atom stereocenters. The number of rotatable bonds is 3. The van der Waals surface area contributed by atoms with Gasteiger partial charge < -0.3 is 10.4 Å². The molecule has 2 aromatic rings. The van der Waals surface area contributed by atoms with Crippen LogP contribution in [0.2, 0.25) is 0 Å². The average Bonchev–Trinajstić information content (AvgIpc) is 2.75. The molecular formula is C17H13NO3. The molecule has 1 aliphatic carbocycles. The van der Waals surface area contributed by atoms with Crippen LogP contribution in [0.1, 0.15) is 20.7 Å². The van der Waals surface area contributed by atoms with Crippen LogP contribution in [0.4, 0.5) is 5.69 Å². The van der Waals surface area contributed by atoms with Gasteiger partial charge in [-0.05, 0) is 24.3 Å². The number of carbonyl (C=O) groups is 2. The van der Waals surface area contributed by atoms with Crippen LogP contribution in [0.15, 0.2) is 60.2 Å². The predicted octanol–water partition coefficient (Wildman–Crippen LogP) is 2.81. The molecule has 21 heavy (non-hydrogen) atoms. The first-order chi connectivity index (χ1) is 10.2. The van der Waals surface area contributed by atoms with Crippen LogP contribution in [0, 0.1) is 0 Å². The highest BCUT2D eigenvalue weighted by Crippen LogP contribution is 2.25. The number of nitrogens with one attached hydrogen (secondary N) is 1. The molecule has 0 aliphatic heterocycles. The fraction of sp³-hybridized carbons (Fsp3) is 0.0588. The molecule has 104 valence electrons. The lowest BCUT2D eigenvalue weighted by atomic mass is 10.1. The lowest BCUT2D eigenvalue weighted by molar-refractivity contribution is 0.0988. The van der Waals surface area contributed by atoms with E-state index < -0.39 is 0 Å². The Morgan fingerprint density at radius 2 is 1.48 bits per heavy atom. The summed E-state index contributed by atoms with van der Waals surface area (Å²) in [4.78, 5) is 24.3. The summed E-state index contributed by atoms with van der Waals surface area (Å²) < 4.78 is 0. The quantitative estimate of drug-likeness (QED) is 0.515. The standard InChI is InChI=1S/C17H13NO3/c19-12-7-5-11(6-8-12)18-10-9-15-16(20)13-3-1-2-4-14(13)17(15)21/h1-9,18-19H,10H2. The summed E-state index contributed by atoms with van der Waals surface area (Å²) in [6.07, 6.45) is 1.61. The van der Waals surface area contributed by atoms with Crippen LogP contribution in [0.3, 0.4) is 0 Å². The average molecular weight is 279 g/mol. The number of hydrogen-bond acceptors (Lipinski definition) is 4. The Hall–Kier alpha value is -2.88. The summed E-state index contributed by atoms with van der Waals surface area (Å²) in [6.45, 7) is 0.367. The fourth-order valence-electron chi connectivity index (χ4n) is 2.31. The minimum absolute atomic E-state index is 0.190. The molecule has 2 aromatic carbocycles. The molecule has 0 spiro atoms. The highest BCUT2D eigenvalue weighted by atomic mass is 16.3. The van der Waals surface area contributed by atoms with Crippen LogP contribution in [0.25, 0.3) is 0 Å². The molecular weight excluding hydrogens is 266 g/mol. The van der Waals surface area contributed by atoms with Gasteiger partial charge in [0, 0.05) is 23.4 Å². The highest BCUT2D eigenvalue weighted by molar-refractivity contribution is 6.39. The third kappa shape index (κ3) is 2.43. The van der Waals surface area contributed by atoms with Gasteiger partial charge in [-0.1, -0.05) is 30.3 Å². The second-order valence-corrected chi connectivity index (χ2v) is 4.75. The summed E-state index contributed by atoms with van der Waals surface area (Å²) in [5.74, 6) is -0.248.